The van der Waals surface area contributed by atoms with Gasteiger partial charge in [-0.15, -0.1) is 11.3 Å². The van der Waals surface area contributed by atoms with Gasteiger partial charge in [0.2, 0.25) is 5.91 Å². The van der Waals surface area contributed by atoms with Crippen LogP contribution < -0.4 is 10.6 Å². The largest absolute Gasteiger partial charge is 0.462 e. The van der Waals surface area contributed by atoms with E-state index in [-0.39, 0.29) is 19.1 Å². The molecule has 4 amide bonds. The summed E-state index contributed by atoms with van der Waals surface area (Å²) in [5.41, 5.74) is 0.185. The van der Waals surface area contributed by atoms with Gasteiger partial charge in [-0.25, -0.2) is 9.59 Å². The molecule has 164 valence electrons. The predicted molar refractivity (Wildman–Crippen MR) is 114 cm³/mol. The van der Waals surface area contributed by atoms with Gasteiger partial charge in [0.15, 0.2) is 0 Å². The van der Waals surface area contributed by atoms with E-state index in [1.807, 2.05) is 6.92 Å². The molecule has 1 aromatic heterocycles. The molecule has 0 radical (unpaired) electrons. The number of esters is 1. The molecular weight excluding hydrogens is 406 g/mol. The summed E-state index contributed by atoms with van der Waals surface area (Å²) in [7, 11) is 0. The topological polar surface area (TPSA) is 105 Å². The molecule has 1 aromatic rings. The fourth-order valence-electron chi connectivity index (χ4n) is 4.21. The molecule has 1 saturated carbocycles. The molecule has 1 aliphatic heterocycles. The molecule has 0 bridgehead atoms. The van der Waals surface area contributed by atoms with Crippen LogP contribution in [0.4, 0.5) is 9.80 Å². The Bertz CT molecular complexity index is 870. The average molecular weight is 436 g/mol. The van der Waals surface area contributed by atoms with Crippen LogP contribution in [0.25, 0.3) is 0 Å². The number of carbonyl (C=O) groups excluding carboxylic acids is 4. The lowest BCUT2D eigenvalue weighted by Gasteiger charge is -2.34. The molecule has 2 aliphatic rings. The minimum atomic E-state index is -0.880. The van der Waals surface area contributed by atoms with Crippen LogP contribution in [-0.4, -0.2) is 47.4 Å². The number of anilines is 1. The lowest BCUT2D eigenvalue weighted by atomic mass is 9.75. The SMILES string of the molecule is CCOC(=O)c1c(NC(=O)CN2C(=O)NC3(CCC(CC)CC3)C2=O)sc(C)c1C. The molecule has 2 heterocycles. The first-order valence-corrected chi connectivity index (χ1v) is 11.2. The quantitative estimate of drug-likeness (QED) is 0.527. The minimum absolute atomic E-state index is 0.226. The van der Waals surface area contributed by atoms with E-state index in [0.29, 0.717) is 29.3 Å². The van der Waals surface area contributed by atoms with Gasteiger partial charge in [-0.1, -0.05) is 13.3 Å². The number of carbonyl (C=O) groups is 4. The summed E-state index contributed by atoms with van der Waals surface area (Å²) in [5.74, 6) is -0.786. The monoisotopic (exact) mass is 435 g/mol. The highest BCUT2D eigenvalue weighted by Gasteiger charge is 2.52. The number of nitrogens with one attached hydrogen (secondary N) is 2. The second-order valence-electron chi connectivity index (χ2n) is 8.01. The maximum absolute atomic E-state index is 13.0. The van der Waals surface area contributed by atoms with Gasteiger partial charge in [0.1, 0.15) is 17.1 Å². The molecule has 2 fully saturated rings. The van der Waals surface area contributed by atoms with Crippen molar-refractivity contribution in [2.45, 2.75) is 65.3 Å². The molecule has 2 N–H and O–H groups in total. The molecular formula is C21H29N3O5S. The number of nitrogens with zero attached hydrogens (tertiary/aromatic N) is 1. The Kier molecular flexibility index (Phi) is 6.50. The molecule has 8 nitrogen and oxygen atoms in total. The van der Waals surface area contributed by atoms with Gasteiger partial charge in [0.05, 0.1) is 12.2 Å². The summed E-state index contributed by atoms with van der Waals surface area (Å²) >= 11 is 1.27. The van der Waals surface area contributed by atoms with Crippen molar-refractivity contribution < 1.29 is 23.9 Å². The van der Waals surface area contributed by atoms with E-state index in [1.54, 1.807) is 13.8 Å². The molecule has 0 atom stereocenters. The van der Waals surface area contributed by atoms with Crippen LogP contribution in [0.1, 0.15) is 66.8 Å². The van der Waals surface area contributed by atoms with E-state index in [9.17, 15) is 19.2 Å². The number of aryl methyl sites for hydroxylation is 1. The van der Waals surface area contributed by atoms with Gasteiger partial charge in [0.25, 0.3) is 5.91 Å². The highest BCUT2D eigenvalue weighted by atomic mass is 32.1. The standard InChI is InChI=1S/C21H29N3O5S/c1-5-14-7-9-21(10-8-14)19(27)24(20(28)23-21)11-15(25)22-17-16(18(26)29-6-2)12(3)13(4)30-17/h14H,5-11H2,1-4H3,(H,22,25)(H,23,28). The smallest absolute Gasteiger partial charge is 0.341 e. The van der Waals surface area contributed by atoms with Crippen LogP contribution >= 0.6 is 11.3 Å². The van der Waals surface area contributed by atoms with E-state index in [4.69, 9.17) is 4.74 Å². The summed E-state index contributed by atoms with van der Waals surface area (Å²) < 4.78 is 5.09. The van der Waals surface area contributed by atoms with Gasteiger partial charge in [-0.2, -0.15) is 0 Å². The molecule has 1 aliphatic carbocycles. The number of urea groups is 1. The first-order chi connectivity index (χ1) is 14.2. The van der Waals surface area contributed by atoms with Gasteiger partial charge < -0.3 is 15.4 Å². The summed E-state index contributed by atoms with van der Waals surface area (Å²) in [5, 5.41) is 5.89. The highest BCUT2D eigenvalue weighted by Crippen LogP contribution is 2.38. The van der Waals surface area contributed by atoms with Crippen LogP contribution in [0.5, 0.6) is 0 Å². The summed E-state index contributed by atoms with van der Waals surface area (Å²) in [4.78, 5) is 52.3. The van der Waals surface area contributed by atoms with Gasteiger partial charge in [0, 0.05) is 4.88 Å². The molecule has 30 heavy (non-hydrogen) atoms. The molecule has 9 heteroatoms. The molecule has 0 aromatic carbocycles. The van der Waals surface area contributed by atoms with E-state index in [2.05, 4.69) is 17.6 Å². The fraction of sp³-hybridized carbons (Fsp3) is 0.619. The Labute approximate surface area is 180 Å². The van der Waals surface area contributed by atoms with Crippen molar-refractivity contribution >= 4 is 40.2 Å². The van der Waals surface area contributed by atoms with Crippen molar-refractivity contribution in [2.75, 3.05) is 18.5 Å². The summed E-state index contributed by atoms with van der Waals surface area (Å²) in [6.45, 7) is 7.33. The highest BCUT2D eigenvalue weighted by molar-refractivity contribution is 7.16. The number of amides is 4. The number of ether oxygens (including phenoxy) is 1. The normalized spacial score (nSPS) is 23.6. The Hall–Kier alpha value is -2.42. The van der Waals surface area contributed by atoms with Crippen LogP contribution in [0.3, 0.4) is 0 Å². The first-order valence-electron chi connectivity index (χ1n) is 10.4. The zero-order valence-corrected chi connectivity index (χ0v) is 18.7. The zero-order chi connectivity index (χ0) is 22.1. The van der Waals surface area contributed by atoms with Crippen molar-refractivity contribution in [2.24, 2.45) is 5.92 Å². The average Bonchev–Trinajstić information content (AvgIpc) is 3.10. The van der Waals surface area contributed by atoms with Crippen LogP contribution in [-0.2, 0) is 14.3 Å². The van der Waals surface area contributed by atoms with Crippen LogP contribution in [0, 0.1) is 19.8 Å². The van der Waals surface area contributed by atoms with Crippen LogP contribution in [0.2, 0.25) is 0 Å². The Balaban J connectivity index is 1.70. The molecule has 1 spiro atoms. The third-order valence-corrected chi connectivity index (χ3v) is 7.32. The predicted octanol–water partition coefficient (Wildman–Crippen LogP) is 3.37. The van der Waals surface area contributed by atoms with Gasteiger partial charge in [-0.3, -0.25) is 14.5 Å². The number of thiophene rings is 1. The first kappa shape index (κ1) is 22.3. The van der Waals surface area contributed by atoms with Gasteiger partial charge >= 0.3 is 12.0 Å². The fourth-order valence-corrected chi connectivity index (χ4v) is 5.28. The molecule has 3 rings (SSSR count). The van der Waals surface area contributed by atoms with E-state index >= 15 is 0 Å². The van der Waals surface area contributed by atoms with Crippen molar-refractivity contribution in [3.63, 3.8) is 0 Å². The third-order valence-electron chi connectivity index (χ3n) is 6.20. The molecule has 1 saturated heterocycles. The van der Waals surface area contributed by atoms with Crippen molar-refractivity contribution in [3.8, 4) is 0 Å². The Morgan fingerprint density at radius 3 is 2.50 bits per heavy atom. The molecule has 0 unspecified atom stereocenters. The zero-order valence-electron chi connectivity index (χ0n) is 17.9. The lowest BCUT2D eigenvalue weighted by Crippen LogP contribution is -2.49. The van der Waals surface area contributed by atoms with Crippen LogP contribution in [0.15, 0.2) is 0 Å². The summed E-state index contributed by atoms with van der Waals surface area (Å²) in [6, 6.07) is -0.533. The maximum Gasteiger partial charge on any atom is 0.341 e. The van der Waals surface area contributed by atoms with Gasteiger partial charge in [-0.05, 0) is 57.9 Å². The van der Waals surface area contributed by atoms with E-state index in [0.717, 1.165) is 34.6 Å². The maximum atomic E-state index is 13.0. The van der Waals surface area contributed by atoms with E-state index in [1.165, 1.54) is 11.3 Å². The number of imide groups is 1. The number of hydrogen-bond acceptors (Lipinski definition) is 6. The number of hydrogen-bond donors (Lipinski definition) is 2. The minimum Gasteiger partial charge on any atom is -0.462 e. The van der Waals surface area contributed by atoms with Crippen molar-refractivity contribution in [1.82, 2.24) is 10.2 Å². The number of rotatable bonds is 6. The third kappa shape index (κ3) is 4.08. The Morgan fingerprint density at radius 1 is 1.23 bits per heavy atom. The van der Waals surface area contributed by atoms with Crippen molar-refractivity contribution in [3.05, 3.63) is 16.0 Å². The summed E-state index contributed by atoms with van der Waals surface area (Å²) in [6.07, 6.45) is 4.04. The Morgan fingerprint density at radius 2 is 1.90 bits per heavy atom. The second-order valence-corrected chi connectivity index (χ2v) is 9.24. The van der Waals surface area contributed by atoms with Crippen molar-refractivity contribution in [1.29, 1.82) is 0 Å². The van der Waals surface area contributed by atoms with E-state index < -0.39 is 23.4 Å². The lowest BCUT2D eigenvalue weighted by molar-refractivity contribution is -0.135. The second kappa shape index (κ2) is 8.75.